The maximum atomic E-state index is 11.9. The minimum atomic E-state index is -0.564. The van der Waals surface area contributed by atoms with Gasteiger partial charge in [0, 0.05) is 31.6 Å². The van der Waals surface area contributed by atoms with E-state index >= 15 is 0 Å². The van der Waals surface area contributed by atoms with Crippen LogP contribution in [0.3, 0.4) is 0 Å². The summed E-state index contributed by atoms with van der Waals surface area (Å²) in [6.45, 7) is 1.69. The first-order valence-corrected chi connectivity index (χ1v) is 8.32. The Labute approximate surface area is 141 Å². The van der Waals surface area contributed by atoms with Gasteiger partial charge in [0.2, 0.25) is 5.91 Å². The zero-order chi connectivity index (χ0) is 17.2. The first kappa shape index (κ1) is 16.4. The summed E-state index contributed by atoms with van der Waals surface area (Å²) >= 11 is 0. The van der Waals surface area contributed by atoms with Gasteiger partial charge in [-0.1, -0.05) is 6.42 Å². The molecule has 3 amide bonds. The van der Waals surface area contributed by atoms with Gasteiger partial charge in [0.15, 0.2) is 11.5 Å². The fourth-order valence-electron chi connectivity index (χ4n) is 3.08. The molecule has 1 heterocycles. The van der Waals surface area contributed by atoms with E-state index in [1.54, 1.807) is 6.92 Å². The Morgan fingerprint density at radius 1 is 1.12 bits per heavy atom. The van der Waals surface area contributed by atoms with Crippen molar-refractivity contribution in [1.82, 2.24) is 10.6 Å². The molecule has 1 fully saturated rings. The largest absolute Gasteiger partial charge is 0.448 e. The molecular formula is C17H23N3O4. The number of rotatable bonds is 3. The molecule has 1 aliphatic carbocycles. The Kier molecular flexibility index (Phi) is 4.51. The number of ether oxygens (including phenoxy) is 2. The molecule has 0 radical (unpaired) electrons. The zero-order valence-electron chi connectivity index (χ0n) is 14.0. The molecule has 1 saturated carbocycles. The maximum Gasteiger partial charge on any atom is 0.321 e. The summed E-state index contributed by atoms with van der Waals surface area (Å²) < 4.78 is 12.1. The Balaban J connectivity index is 1.64. The van der Waals surface area contributed by atoms with Crippen molar-refractivity contribution in [2.75, 3.05) is 12.4 Å². The van der Waals surface area contributed by atoms with E-state index in [2.05, 4.69) is 16.0 Å². The number of nitrogens with one attached hydrogen (secondary N) is 3. The van der Waals surface area contributed by atoms with Crippen LogP contribution in [0.15, 0.2) is 18.2 Å². The highest BCUT2D eigenvalue weighted by Gasteiger charge is 2.42. The lowest BCUT2D eigenvalue weighted by molar-refractivity contribution is -0.120. The molecule has 7 heteroatoms. The summed E-state index contributed by atoms with van der Waals surface area (Å²) in [6, 6.07) is 4.44. The number of benzene rings is 1. The first-order valence-electron chi connectivity index (χ1n) is 8.32. The number of hydrogen-bond donors (Lipinski definition) is 3. The number of carbonyl (C=O) groups is 2. The topological polar surface area (TPSA) is 88.7 Å². The first-order chi connectivity index (χ1) is 11.5. The van der Waals surface area contributed by atoms with Gasteiger partial charge in [-0.3, -0.25) is 10.1 Å². The minimum absolute atomic E-state index is 0.407. The van der Waals surface area contributed by atoms with Crippen LogP contribution in [0.25, 0.3) is 0 Å². The Morgan fingerprint density at radius 2 is 1.83 bits per heavy atom. The number of imide groups is 1. The third-order valence-corrected chi connectivity index (χ3v) is 4.39. The second-order valence-electron chi connectivity index (χ2n) is 6.27. The molecule has 2 aliphatic rings. The SMILES string of the molecule is CNC(=O)NC(=O)C(C)Nc1ccc2c(c1)OC1(CCCCC1)O2. The monoisotopic (exact) mass is 333 g/mol. The van der Waals surface area contributed by atoms with Crippen LogP contribution in [-0.4, -0.2) is 30.8 Å². The van der Waals surface area contributed by atoms with E-state index < -0.39 is 23.8 Å². The molecule has 0 aromatic heterocycles. The van der Waals surface area contributed by atoms with Crippen LogP contribution in [0.5, 0.6) is 11.5 Å². The molecule has 1 aliphatic heterocycles. The molecule has 1 aromatic carbocycles. The molecule has 0 bridgehead atoms. The van der Waals surface area contributed by atoms with E-state index in [0.29, 0.717) is 5.75 Å². The molecule has 1 aromatic rings. The second-order valence-corrected chi connectivity index (χ2v) is 6.27. The van der Waals surface area contributed by atoms with Crippen LogP contribution < -0.4 is 25.4 Å². The van der Waals surface area contributed by atoms with Gasteiger partial charge in [-0.15, -0.1) is 0 Å². The normalized spacial score (nSPS) is 18.8. The summed E-state index contributed by atoms with van der Waals surface area (Å²) in [4.78, 5) is 23.1. The molecule has 3 N–H and O–H groups in total. The van der Waals surface area contributed by atoms with Crippen LogP contribution in [0.4, 0.5) is 10.5 Å². The van der Waals surface area contributed by atoms with Gasteiger partial charge in [0.05, 0.1) is 0 Å². The zero-order valence-corrected chi connectivity index (χ0v) is 14.0. The lowest BCUT2D eigenvalue weighted by atomic mass is 9.94. The lowest BCUT2D eigenvalue weighted by Crippen LogP contribution is -2.44. The van der Waals surface area contributed by atoms with E-state index in [4.69, 9.17) is 9.47 Å². The highest BCUT2D eigenvalue weighted by molar-refractivity contribution is 5.97. The van der Waals surface area contributed by atoms with Crippen LogP contribution in [-0.2, 0) is 4.79 Å². The van der Waals surface area contributed by atoms with E-state index in [0.717, 1.165) is 37.1 Å². The highest BCUT2D eigenvalue weighted by atomic mass is 16.7. The van der Waals surface area contributed by atoms with Gasteiger partial charge in [-0.05, 0) is 31.9 Å². The van der Waals surface area contributed by atoms with Crippen molar-refractivity contribution in [2.24, 2.45) is 0 Å². The third kappa shape index (κ3) is 3.39. The highest BCUT2D eigenvalue weighted by Crippen LogP contribution is 2.46. The van der Waals surface area contributed by atoms with Crippen molar-refractivity contribution in [3.05, 3.63) is 18.2 Å². The van der Waals surface area contributed by atoms with Crippen LogP contribution >= 0.6 is 0 Å². The van der Waals surface area contributed by atoms with Gasteiger partial charge in [0.1, 0.15) is 6.04 Å². The van der Waals surface area contributed by atoms with Crippen LogP contribution in [0.1, 0.15) is 39.0 Å². The molecule has 24 heavy (non-hydrogen) atoms. The van der Waals surface area contributed by atoms with Crippen molar-refractivity contribution in [2.45, 2.75) is 50.9 Å². The molecule has 1 spiro atoms. The summed E-state index contributed by atoms with van der Waals surface area (Å²) in [7, 11) is 1.46. The summed E-state index contributed by atoms with van der Waals surface area (Å²) in [6.07, 6.45) is 5.23. The van der Waals surface area contributed by atoms with Gasteiger partial charge >= 0.3 is 6.03 Å². The molecule has 130 valence electrons. The van der Waals surface area contributed by atoms with E-state index in [1.165, 1.54) is 13.5 Å². The molecule has 1 atom stereocenters. The number of urea groups is 1. The van der Waals surface area contributed by atoms with E-state index in [9.17, 15) is 9.59 Å². The number of hydrogen-bond acceptors (Lipinski definition) is 5. The van der Waals surface area contributed by atoms with E-state index in [-0.39, 0.29) is 0 Å². The molecule has 0 saturated heterocycles. The molecule has 3 rings (SSSR count). The maximum absolute atomic E-state index is 11.9. The van der Waals surface area contributed by atoms with Crippen LogP contribution in [0, 0.1) is 0 Å². The Morgan fingerprint density at radius 3 is 2.54 bits per heavy atom. The fourth-order valence-corrected chi connectivity index (χ4v) is 3.08. The van der Waals surface area contributed by atoms with E-state index in [1.807, 2.05) is 18.2 Å². The van der Waals surface area contributed by atoms with Gasteiger partial charge < -0.3 is 20.1 Å². The quantitative estimate of drug-likeness (QED) is 0.790. The molecular weight excluding hydrogens is 310 g/mol. The third-order valence-electron chi connectivity index (χ3n) is 4.39. The van der Waals surface area contributed by atoms with Crippen molar-refractivity contribution in [1.29, 1.82) is 0 Å². The van der Waals surface area contributed by atoms with Gasteiger partial charge in [-0.2, -0.15) is 0 Å². The fraction of sp³-hybridized carbons (Fsp3) is 0.529. The Bertz CT molecular complexity index is 641. The molecule has 1 unspecified atom stereocenters. The average molecular weight is 333 g/mol. The number of anilines is 1. The number of fused-ring (bicyclic) bond motifs is 1. The van der Waals surface area contributed by atoms with Crippen LogP contribution in [0.2, 0.25) is 0 Å². The van der Waals surface area contributed by atoms with Gasteiger partial charge in [-0.25, -0.2) is 4.79 Å². The Hall–Kier alpha value is -2.44. The summed E-state index contributed by atoms with van der Waals surface area (Å²) in [5.41, 5.74) is 0.741. The molecule has 7 nitrogen and oxygen atoms in total. The predicted octanol–water partition coefficient (Wildman–Crippen LogP) is 2.37. The minimum Gasteiger partial charge on any atom is -0.448 e. The van der Waals surface area contributed by atoms with Crippen molar-refractivity contribution in [3.63, 3.8) is 0 Å². The summed E-state index contributed by atoms with van der Waals surface area (Å²) in [5.74, 6) is 0.517. The number of carbonyl (C=O) groups excluding carboxylic acids is 2. The van der Waals surface area contributed by atoms with Crippen molar-refractivity contribution < 1.29 is 19.1 Å². The second kappa shape index (κ2) is 6.59. The van der Waals surface area contributed by atoms with Gasteiger partial charge in [0.25, 0.3) is 5.79 Å². The smallest absolute Gasteiger partial charge is 0.321 e. The predicted molar refractivity (Wildman–Crippen MR) is 89.2 cm³/mol. The van der Waals surface area contributed by atoms with Crippen molar-refractivity contribution >= 4 is 17.6 Å². The number of amides is 3. The standard InChI is InChI=1S/C17H23N3O4/c1-11(15(21)20-16(22)18-2)19-12-6-7-13-14(10-12)24-17(23-13)8-4-3-5-9-17/h6-7,10-11,19H,3-5,8-9H2,1-2H3,(H2,18,20,21,22). The lowest BCUT2D eigenvalue weighted by Gasteiger charge is -2.31. The average Bonchev–Trinajstić information content (AvgIpc) is 2.91. The summed E-state index contributed by atoms with van der Waals surface area (Å²) in [5, 5.41) is 7.65. The van der Waals surface area contributed by atoms with Crippen molar-refractivity contribution in [3.8, 4) is 11.5 Å².